The van der Waals surface area contributed by atoms with Gasteiger partial charge in [-0.05, 0) is 38.8 Å². The van der Waals surface area contributed by atoms with Crippen LogP contribution >= 0.6 is 0 Å². The molecule has 0 saturated heterocycles. The van der Waals surface area contributed by atoms with Crippen LogP contribution in [0.3, 0.4) is 0 Å². The number of unbranched alkanes of at least 4 members (excludes halogenated alkanes) is 4. The van der Waals surface area contributed by atoms with Crippen LogP contribution in [0.4, 0.5) is 0 Å². The lowest BCUT2D eigenvalue weighted by Crippen LogP contribution is -2.25. The molecule has 1 aromatic rings. The largest absolute Gasteiger partial charge is 0.314 e. The number of rotatable bonds is 10. The van der Waals surface area contributed by atoms with Crippen LogP contribution in [0.15, 0.2) is 0 Å². The third-order valence-electron chi connectivity index (χ3n) is 3.93. The molecule has 1 N–H and O–H groups in total. The maximum Gasteiger partial charge on any atom is 0.0628 e. The second-order valence-corrected chi connectivity index (χ2v) is 6.15. The zero-order valence-electron chi connectivity index (χ0n) is 14.1. The van der Waals surface area contributed by atoms with Crippen molar-refractivity contribution in [1.82, 2.24) is 15.1 Å². The molecule has 0 spiro atoms. The second-order valence-electron chi connectivity index (χ2n) is 6.15. The summed E-state index contributed by atoms with van der Waals surface area (Å²) in [6.07, 6.45) is 7.71. The molecule has 0 fully saturated rings. The highest BCUT2D eigenvalue weighted by atomic mass is 15.3. The summed E-state index contributed by atoms with van der Waals surface area (Å²) >= 11 is 0. The summed E-state index contributed by atoms with van der Waals surface area (Å²) in [5.41, 5.74) is 4.01. The first-order valence-electron chi connectivity index (χ1n) is 8.32. The molecule has 0 aliphatic carbocycles. The topological polar surface area (TPSA) is 29.9 Å². The lowest BCUT2D eigenvalue weighted by atomic mass is 10.1. The van der Waals surface area contributed by atoms with E-state index in [0.29, 0.717) is 6.04 Å². The second kappa shape index (κ2) is 9.17. The number of nitrogens with one attached hydrogen (secondary N) is 1. The highest BCUT2D eigenvalue weighted by Crippen LogP contribution is 2.15. The zero-order chi connectivity index (χ0) is 15.0. The van der Waals surface area contributed by atoms with Crippen LogP contribution in [0.5, 0.6) is 0 Å². The van der Waals surface area contributed by atoms with Crippen molar-refractivity contribution in [2.24, 2.45) is 0 Å². The standard InChI is InChI=1S/C17H33N3/c1-6-7-8-9-10-13-20-16(5)17(15(4)19-20)11-12-18-14(2)3/h14,18H,6-13H2,1-5H3. The minimum atomic E-state index is 0.559. The van der Waals surface area contributed by atoms with Crippen LogP contribution in [-0.2, 0) is 13.0 Å². The molecule has 116 valence electrons. The average molecular weight is 279 g/mol. The summed E-state index contributed by atoms with van der Waals surface area (Å²) in [5, 5.41) is 8.20. The monoisotopic (exact) mass is 279 g/mol. The van der Waals surface area contributed by atoms with Crippen LogP contribution < -0.4 is 5.32 Å². The van der Waals surface area contributed by atoms with Crippen LogP contribution in [0.25, 0.3) is 0 Å². The van der Waals surface area contributed by atoms with Crippen molar-refractivity contribution in [2.75, 3.05) is 6.54 Å². The quantitative estimate of drug-likeness (QED) is 0.656. The molecule has 3 heteroatoms. The number of nitrogens with zero attached hydrogens (tertiary/aromatic N) is 2. The maximum atomic E-state index is 4.71. The van der Waals surface area contributed by atoms with Gasteiger partial charge in [0.15, 0.2) is 0 Å². The first kappa shape index (κ1) is 17.2. The maximum absolute atomic E-state index is 4.71. The Kier molecular flexibility index (Phi) is 7.90. The third kappa shape index (κ3) is 5.66. The van der Waals surface area contributed by atoms with E-state index in [4.69, 9.17) is 5.10 Å². The van der Waals surface area contributed by atoms with Crippen molar-refractivity contribution in [1.29, 1.82) is 0 Å². The molecular weight excluding hydrogens is 246 g/mol. The van der Waals surface area contributed by atoms with E-state index in [1.54, 1.807) is 0 Å². The summed E-state index contributed by atoms with van der Waals surface area (Å²) < 4.78 is 2.21. The van der Waals surface area contributed by atoms with Gasteiger partial charge in [-0.1, -0.05) is 46.5 Å². The normalized spacial score (nSPS) is 11.5. The molecule has 1 aromatic heterocycles. The molecule has 0 aromatic carbocycles. The molecule has 0 unspecified atom stereocenters. The predicted molar refractivity (Wildman–Crippen MR) is 87.3 cm³/mol. The number of hydrogen-bond donors (Lipinski definition) is 1. The first-order chi connectivity index (χ1) is 9.56. The van der Waals surface area contributed by atoms with Gasteiger partial charge < -0.3 is 5.32 Å². The number of hydrogen-bond acceptors (Lipinski definition) is 2. The summed E-state index contributed by atoms with van der Waals surface area (Å²) in [7, 11) is 0. The fraction of sp³-hybridized carbons (Fsp3) is 0.824. The van der Waals surface area contributed by atoms with E-state index in [-0.39, 0.29) is 0 Å². The van der Waals surface area contributed by atoms with Crippen LogP contribution in [0, 0.1) is 13.8 Å². The van der Waals surface area contributed by atoms with Gasteiger partial charge >= 0.3 is 0 Å². The number of aromatic nitrogens is 2. The van der Waals surface area contributed by atoms with Gasteiger partial charge in [-0.25, -0.2) is 0 Å². The highest BCUT2D eigenvalue weighted by Gasteiger charge is 2.10. The fourth-order valence-electron chi connectivity index (χ4n) is 2.66. The van der Waals surface area contributed by atoms with Crippen molar-refractivity contribution in [3.8, 4) is 0 Å². The van der Waals surface area contributed by atoms with Gasteiger partial charge in [0, 0.05) is 18.3 Å². The summed E-state index contributed by atoms with van der Waals surface area (Å²) in [4.78, 5) is 0. The minimum absolute atomic E-state index is 0.559. The van der Waals surface area contributed by atoms with E-state index in [1.165, 1.54) is 49.1 Å². The molecule has 0 radical (unpaired) electrons. The van der Waals surface area contributed by atoms with Gasteiger partial charge in [-0.15, -0.1) is 0 Å². The Morgan fingerprint density at radius 2 is 1.80 bits per heavy atom. The van der Waals surface area contributed by atoms with Gasteiger partial charge in [0.05, 0.1) is 5.69 Å². The lowest BCUT2D eigenvalue weighted by molar-refractivity contribution is 0.522. The van der Waals surface area contributed by atoms with Crippen molar-refractivity contribution in [3.63, 3.8) is 0 Å². The molecular formula is C17H33N3. The predicted octanol–water partition coefficient (Wildman–Crippen LogP) is 4.01. The Morgan fingerprint density at radius 1 is 1.10 bits per heavy atom. The lowest BCUT2D eigenvalue weighted by Gasteiger charge is -2.08. The van der Waals surface area contributed by atoms with Crippen LogP contribution in [-0.4, -0.2) is 22.4 Å². The summed E-state index contributed by atoms with van der Waals surface area (Å²) in [6.45, 7) is 13.1. The molecule has 1 heterocycles. The summed E-state index contributed by atoms with van der Waals surface area (Å²) in [5.74, 6) is 0. The molecule has 3 nitrogen and oxygen atoms in total. The third-order valence-corrected chi connectivity index (χ3v) is 3.93. The Labute approximate surface area is 125 Å². The molecule has 0 atom stereocenters. The Hall–Kier alpha value is -0.830. The molecule has 0 aliphatic heterocycles. The molecule has 20 heavy (non-hydrogen) atoms. The Bertz CT molecular complexity index is 380. The van der Waals surface area contributed by atoms with E-state index in [0.717, 1.165) is 19.5 Å². The Morgan fingerprint density at radius 3 is 2.45 bits per heavy atom. The minimum Gasteiger partial charge on any atom is -0.314 e. The average Bonchev–Trinajstić information content (AvgIpc) is 2.65. The van der Waals surface area contributed by atoms with Crippen LogP contribution in [0.1, 0.15) is 69.8 Å². The summed E-state index contributed by atoms with van der Waals surface area (Å²) in [6, 6.07) is 0.559. The highest BCUT2D eigenvalue weighted by molar-refractivity contribution is 5.24. The molecule has 0 aliphatic rings. The van der Waals surface area contributed by atoms with Gasteiger partial charge in [-0.2, -0.15) is 5.10 Å². The molecule has 0 amide bonds. The molecule has 0 saturated carbocycles. The zero-order valence-corrected chi connectivity index (χ0v) is 14.1. The van der Waals surface area contributed by atoms with Gasteiger partial charge in [0.1, 0.15) is 0 Å². The Balaban J connectivity index is 2.44. The van der Waals surface area contributed by atoms with E-state index >= 15 is 0 Å². The van der Waals surface area contributed by atoms with E-state index < -0.39 is 0 Å². The van der Waals surface area contributed by atoms with Crippen molar-refractivity contribution < 1.29 is 0 Å². The van der Waals surface area contributed by atoms with E-state index in [1.807, 2.05) is 0 Å². The fourth-order valence-corrected chi connectivity index (χ4v) is 2.66. The molecule has 1 rings (SSSR count). The van der Waals surface area contributed by atoms with Crippen molar-refractivity contribution >= 4 is 0 Å². The van der Waals surface area contributed by atoms with Gasteiger partial charge in [0.2, 0.25) is 0 Å². The van der Waals surface area contributed by atoms with Crippen molar-refractivity contribution in [3.05, 3.63) is 17.0 Å². The van der Waals surface area contributed by atoms with Gasteiger partial charge in [-0.3, -0.25) is 4.68 Å². The van der Waals surface area contributed by atoms with Crippen molar-refractivity contribution in [2.45, 2.75) is 85.7 Å². The van der Waals surface area contributed by atoms with E-state index in [2.05, 4.69) is 44.6 Å². The number of aryl methyl sites for hydroxylation is 2. The smallest absolute Gasteiger partial charge is 0.0628 e. The SMILES string of the molecule is CCCCCCCn1nc(C)c(CCNC(C)C)c1C. The van der Waals surface area contributed by atoms with E-state index in [9.17, 15) is 0 Å². The molecule has 0 bridgehead atoms. The van der Waals surface area contributed by atoms with Gasteiger partial charge in [0.25, 0.3) is 0 Å². The first-order valence-corrected chi connectivity index (χ1v) is 8.32. The van der Waals surface area contributed by atoms with Crippen LogP contribution in [0.2, 0.25) is 0 Å².